The number of nitrogens with one attached hydrogen (secondary N) is 2. The topological polar surface area (TPSA) is 121 Å². The van der Waals surface area contributed by atoms with Crippen molar-refractivity contribution in [1.29, 1.82) is 0 Å². The molecule has 8 rings (SSSR count). The third-order valence-corrected chi connectivity index (χ3v) is 15.3. The Bertz CT molecular complexity index is 3110. The predicted molar refractivity (Wildman–Crippen MR) is 320 cm³/mol. The van der Waals surface area contributed by atoms with Crippen molar-refractivity contribution >= 4 is 39.4 Å². The molecule has 4 unspecified atom stereocenters. The zero-order chi connectivity index (χ0) is 54.8. The van der Waals surface area contributed by atoms with E-state index in [-0.39, 0.29) is 36.7 Å². The van der Waals surface area contributed by atoms with Crippen molar-refractivity contribution in [3.05, 3.63) is 298 Å². The average molecular weight is 1300 g/mol. The van der Waals surface area contributed by atoms with Crippen LogP contribution in [0.5, 0.6) is 0 Å². The number of aryl methyl sites for hydroxylation is 6. The summed E-state index contributed by atoms with van der Waals surface area (Å²) >= 11 is 3.64. The molecule has 8 aromatic carbocycles. The van der Waals surface area contributed by atoms with Gasteiger partial charge in [-0.15, -0.1) is 0 Å². The van der Waals surface area contributed by atoms with E-state index in [9.17, 15) is 16.8 Å². The van der Waals surface area contributed by atoms with E-state index < -0.39 is 32.1 Å². The number of hydrogen-bond donors (Lipinski definition) is 2. The van der Waals surface area contributed by atoms with Crippen LogP contribution in [0.1, 0.15) is 92.6 Å². The minimum atomic E-state index is -3.87. The summed E-state index contributed by atoms with van der Waals surface area (Å²) < 4.78 is 62.7. The van der Waals surface area contributed by atoms with Gasteiger partial charge in [-0.25, -0.2) is 16.8 Å². The molecule has 0 aliphatic carbocycles. The Labute approximate surface area is 496 Å². The van der Waals surface area contributed by atoms with Gasteiger partial charge in [-0.3, -0.25) is 0 Å². The van der Waals surface area contributed by atoms with Gasteiger partial charge in [0.15, 0.2) is 0 Å². The maximum absolute atomic E-state index is 13.4. The molecule has 0 bridgehead atoms. The first-order chi connectivity index (χ1) is 36.8. The molecule has 14 heteroatoms. The Morgan fingerprint density at radius 3 is 1.05 bits per heavy atom. The molecule has 4 atom stereocenters. The molecule has 0 fully saturated rings. The van der Waals surface area contributed by atoms with Crippen LogP contribution in [-0.4, -0.2) is 29.9 Å². The fraction of sp³-hybridized carbons (Fsp3) is 0.219. The summed E-state index contributed by atoms with van der Waals surface area (Å²) in [6.07, 6.45) is 3.76. The summed E-state index contributed by atoms with van der Waals surface area (Å²) in [5.41, 5.74) is 10.8. The standard InChI is InChI=1S/2C31H33N2O2S.2CH3.2ClH.2Ru/c1-24-18-20-29(21-19-24)36(34,35)33-31(28-16-7-4-8-17-28)30(27-14-5-3-6-15-27)32-22-10-13-26-12-9-11-25(2)23-26;1-24-15-19-26(20-16-24)10-9-23-32-30(27-11-5-3-6-12-27)31(28-13-7-4-8-14-28)33-36(34,35)29-21-17-25(2)18-22-29;;;;;;/h3-9,11-12,14-21,23,30-32H,10,13,22H2,1-2H3;3-8,11-22,30-32H,9-10,23H2,1-2H3;2*1H3;2*1H;;/q4*-1;;;2*+4/p-2. The van der Waals surface area contributed by atoms with Crippen molar-refractivity contribution in [2.75, 3.05) is 13.1 Å². The third kappa shape index (κ3) is 21.8. The summed E-state index contributed by atoms with van der Waals surface area (Å²) in [6, 6.07) is 68.4. The molecular formula is C64H72Cl2N4O4Ru2S2+2. The van der Waals surface area contributed by atoms with Crippen LogP contribution < -0.4 is 10.6 Å². The molecule has 0 amide bonds. The Kier molecular flexibility index (Phi) is 31.1. The molecule has 0 radical (unpaired) electrons. The quantitative estimate of drug-likeness (QED) is 0.0396. The van der Waals surface area contributed by atoms with Crippen LogP contribution in [0.3, 0.4) is 0 Å². The van der Waals surface area contributed by atoms with Gasteiger partial charge in [-0.1, -0.05) is 240 Å². The molecule has 2 N–H and O–H groups in total. The third-order valence-electron chi connectivity index (χ3n) is 12.6. The number of nitrogens with zero attached hydrogens (tertiary/aromatic N) is 2. The monoisotopic (exact) mass is 1300 g/mol. The van der Waals surface area contributed by atoms with E-state index in [0.29, 0.717) is 0 Å². The van der Waals surface area contributed by atoms with Gasteiger partial charge in [0.25, 0.3) is 0 Å². The van der Waals surface area contributed by atoms with Crippen molar-refractivity contribution in [2.45, 2.75) is 87.3 Å². The molecule has 0 saturated heterocycles. The van der Waals surface area contributed by atoms with Gasteiger partial charge in [0.1, 0.15) is 20.0 Å². The molecule has 0 heterocycles. The fourth-order valence-electron chi connectivity index (χ4n) is 8.64. The first kappa shape index (κ1) is 67.6. The minimum absolute atomic E-state index is 0. The molecule has 0 aliphatic heterocycles. The van der Waals surface area contributed by atoms with E-state index in [1.165, 1.54) is 22.3 Å². The molecule has 8 nitrogen and oxygen atoms in total. The molecule has 0 spiro atoms. The van der Waals surface area contributed by atoms with Crippen LogP contribution in [0.4, 0.5) is 0 Å². The van der Waals surface area contributed by atoms with Crippen molar-refractivity contribution < 1.29 is 51.5 Å². The summed E-state index contributed by atoms with van der Waals surface area (Å²) in [7, 11) is 1.40. The number of sulfonamides is 2. The van der Waals surface area contributed by atoms with Gasteiger partial charge in [0.2, 0.25) is 0 Å². The second-order valence-electron chi connectivity index (χ2n) is 18.4. The molecule has 78 heavy (non-hydrogen) atoms. The summed E-state index contributed by atoms with van der Waals surface area (Å²) in [5, 5.41) is 7.29. The molecular weight excluding hydrogens is 1230 g/mol. The summed E-state index contributed by atoms with van der Waals surface area (Å²) in [5.74, 6) is 0. The van der Waals surface area contributed by atoms with E-state index in [2.05, 4.69) is 102 Å². The average Bonchev–Trinajstić information content (AvgIpc) is 3.49. The first-order valence-electron chi connectivity index (χ1n) is 25.0. The maximum atomic E-state index is 13.4. The molecule has 8 aromatic rings. The van der Waals surface area contributed by atoms with Crippen LogP contribution in [0, 0.1) is 42.5 Å². The van der Waals surface area contributed by atoms with Gasteiger partial charge in [-0.05, 0) is 113 Å². The SMILES string of the molecule is Cc1ccc(CCCNC(c2ccccc2)C([N-]S(=O)(=O)c2ccc(C)cc2)c2ccccc2)cc1.Cc1ccc(S(=O)(=O)[N-]C(c2ccccc2)C(NCCCc2cccc(C)c2)c2ccccc2)cc1.[CH3-].[CH3-].[Cl][Ru+3].[Cl][Ru+3]. The Morgan fingerprint density at radius 1 is 0.385 bits per heavy atom. The van der Waals surface area contributed by atoms with Crippen LogP contribution in [-0.2, 0) is 67.5 Å². The van der Waals surface area contributed by atoms with E-state index in [1.54, 1.807) is 48.5 Å². The van der Waals surface area contributed by atoms with Crippen LogP contribution in [0.15, 0.2) is 228 Å². The van der Waals surface area contributed by atoms with E-state index in [4.69, 9.17) is 0 Å². The zero-order valence-corrected chi connectivity index (χ0v) is 51.8. The van der Waals surface area contributed by atoms with Crippen molar-refractivity contribution in [2.24, 2.45) is 0 Å². The summed E-state index contributed by atoms with van der Waals surface area (Å²) in [6.45, 7) is 9.54. The van der Waals surface area contributed by atoms with Gasteiger partial charge in [0, 0.05) is 21.9 Å². The van der Waals surface area contributed by atoms with Crippen LogP contribution >= 0.6 is 19.4 Å². The predicted octanol–water partition coefficient (Wildman–Crippen LogP) is 16.4. The van der Waals surface area contributed by atoms with Crippen molar-refractivity contribution in [3.63, 3.8) is 0 Å². The van der Waals surface area contributed by atoms with Crippen molar-refractivity contribution in [1.82, 2.24) is 10.6 Å². The van der Waals surface area contributed by atoms with Crippen LogP contribution in [0.2, 0.25) is 0 Å². The molecule has 0 aromatic heterocycles. The van der Waals surface area contributed by atoms with Gasteiger partial charge in [-0.2, -0.15) is 0 Å². The second-order valence-corrected chi connectivity index (χ2v) is 21.6. The number of hydrogen-bond acceptors (Lipinski definition) is 6. The van der Waals surface area contributed by atoms with Gasteiger partial charge >= 0.3 is 54.0 Å². The zero-order valence-electron chi connectivity index (χ0n) is 45.1. The Balaban J connectivity index is 0.000000377. The fourth-order valence-corrected chi connectivity index (χ4v) is 10.9. The van der Waals surface area contributed by atoms with Gasteiger partial charge in [0.05, 0.1) is 0 Å². The number of rotatable bonds is 22. The number of benzene rings is 8. The Morgan fingerprint density at radius 2 is 0.705 bits per heavy atom. The van der Waals surface area contributed by atoms with Crippen LogP contribution in [0.25, 0.3) is 9.44 Å². The molecule has 0 saturated carbocycles. The summed E-state index contributed by atoms with van der Waals surface area (Å²) in [4.78, 5) is 0.417. The molecule has 0 aliphatic rings. The van der Waals surface area contributed by atoms with E-state index in [0.717, 1.165) is 72.2 Å². The van der Waals surface area contributed by atoms with Gasteiger partial charge < -0.3 is 34.9 Å². The second kappa shape index (κ2) is 35.8. The number of halogens is 2. The van der Waals surface area contributed by atoms with Crippen molar-refractivity contribution in [3.8, 4) is 0 Å². The normalized spacial score (nSPS) is 12.4. The Hall–Kier alpha value is -4.67. The van der Waals surface area contributed by atoms with E-state index >= 15 is 0 Å². The van der Waals surface area contributed by atoms with E-state index in [1.807, 2.05) is 170 Å². The molecule has 412 valence electrons. The first-order valence-corrected chi connectivity index (χ1v) is 32.3.